The van der Waals surface area contributed by atoms with Crippen LogP contribution in [0.2, 0.25) is 0 Å². The van der Waals surface area contributed by atoms with Crippen molar-refractivity contribution in [3.63, 3.8) is 0 Å². The Morgan fingerprint density at radius 2 is 1.64 bits per heavy atom. The summed E-state index contributed by atoms with van der Waals surface area (Å²) in [6.45, 7) is 3.87. The molecule has 0 saturated heterocycles. The molecule has 230 valence electrons. The van der Waals surface area contributed by atoms with Crippen LogP contribution in [0, 0.1) is 0 Å². The average molecular weight is 630 g/mol. The molecule has 1 aromatic heterocycles. The number of benzene rings is 3. The Bertz CT molecular complexity index is 1610. The van der Waals surface area contributed by atoms with E-state index in [0.717, 1.165) is 23.3 Å². The third kappa shape index (κ3) is 8.50. The Balaban J connectivity index is 1.61. The number of carbonyl (C=O) groups excluding carboxylic acids is 1. The molecule has 0 bridgehead atoms. The summed E-state index contributed by atoms with van der Waals surface area (Å²) < 4.78 is 69.7. The van der Waals surface area contributed by atoms with E-state index >= 15 is 0 Å². The molecule has 0 aliphatic heterocycles. The van der Waals surface area contributed by atoms with Gasteiger partial charge < -0.3 is 15.3 Å². The maximum Gasteiger partial charge on any atom is 0.416 e. The highest BCUT2D eigenvalue weighted by molar-refractivity contribution is 7.14. The first-order chi connectivity index (χ1) is 20.9. The second-order valence-corrected chi connectivity index (χ2v) is 10.7. The molecule has 0 spiro atoms. The van der Waals surface area contributed by atoms with Crippen molar-refractivity contribution in [2.75, 3.05) is 18.0 Å². The fraction of sp³-hybridized carbons (Fsp3) is 0.219. The molecule has 0 aliphatic carbocycles. The topological polar surface area (TPSA) is 82.5 Å². The summed E-state index contributed by atoms with van der Waals surface area (Å²) >= 11 is 1.17. The standard InChI is InChI=1S/C32H28F5N3O3S/c1-2-31(33,34)25-16-24(17-26(18-25)32(35,36)37)27-20-44-30(39-27)40(15-13-21-6-4-3-5-7-21)19-22-8-10-23(11-9-22)29(43)38-14-12-28(41)42/h2-11,16-18,20H,1,12-15,19H2,(H,38,43)(H,41,42). The van der Waals surface area contributed by atoms with E-state index < -0.39 is 35.1 Å². The molecule has 0 unspecified atom stereocenters. The number of thiazole rings is 1. The smallest absolute Gasteiger partial charge is 0.416 e. The first kappa shape index (κ1) is 32.3. The van der Waals surface area contributed by atoms with Gasteiger partial charge in [-0.25, -0.2) is 4.98 Å². The second kappa shape index (κ2) is 13.8. The summed E-state index contributed by atoms with van der Waals surface area (Å²) in [5.74, 6) is -5.11. The van der Waals surface area contributed by atoms with Crippen LogP contribution in [0.25, 0.3) is 11.3 Å². The van der Waals surface area contributed by atoms with Gasteiger partial charge in [-0.1, -0.05) is 49.0 Å². The maximum absolute atomic E-state index is 14.4. The van der Waals surface area contributed by atoms with Crippen LogP contribution in [0.15, 0.2) is 90.8 Å². The van der Waals surface area contributed by atoms with Gasteiger partial charge in [0.2, 0.25) is 0 Å². The van der Waals surface area contributed by atoms with E-state index in [1.807, 2.05) is 35.2 Å². The minimum Gasteiger partial charge on any atom is -0.481 e. The van der Waals surface area contributed by atoms with Crippen LogP contribution in [0.5, 0.6) is 0 Å². The molecule has 1 amide bonds. The van der Waals surface area contributed by atoms with Gasteiger partial charge in [0.1, 0.15) is 0 Å². The number of carboxylic acids is 1. The molecule has 44 heavy (non-hydrogen) atoms. The Morgan fingerprint density at radius 3 is 2.27 bits per heavy atom. The van der Waals surface area contributed by atoms with E-state index in [4.69, 9.17) is 5.11 Å². The quantitative estimate of drug-likeness (QED) is 0.118. The largest absolute Gasteiger partial charge is 0.481 e. The van der Waals surface area contributed by atoms with Gasteiger partial charge in [-0.05, 0) is 54.0 Å². The van der Waals surface area contributed by atoms with Crippen molar-refractivity contribution in [1.82, 2.24) is 10.3 Å². The SMILES string of the molecule is C=CC(F)(F)c1cc(-c2csc(N(CCc3ccccc3)Cc3ccc(C(=O)NCCC(=O)O)cc3)n2)cc(C(F)(F)F)c1. The lowest BCUT2D eigenvalue weighted by molar-refractivity contribution is -0.138. The van der Waals surface area contributed by atoms with Crippen molar-refractivity contribution in [2.45, 2.75) is 31.5 Å². The zero-order chi connectivity index (χ0) is 31.9. The number of aliphatic carboxylic acids is 1. The van der Waals surface area contributed by atoms with Gasteiger partial charge in [0.15, 0.2) is 5.13 Å². The molecule has 4 aromatic rings. The Kier molecular flexibility index (Phi) is 10.1. The van der Waals surface area contributed by atoms with Gasteiger partial charge in [-0.15, -0.1) is 11.3 Å². The van der Waals surface area contributed by atoms with Gasteiger partial charge in [0, 0.05) is 41.7 Å². The molecular weight excluding hydrogens is 601 g/mol. The number of halogens is 5. The van der Waals surface area contributed by atoms with Crippen molar-refractivity contribution in [2.24, 2.45) is 0 Å². The van der Waals surface area contributed by atoms with Crippen LogP contribution >= 0.6 is 11.3 Å². The lowest BCUT2D eigenvalue weighted by Crippen LogP contribution is -2.26. The summed E-state index contributed by atoms with van der Waals surface area (Å²) in [7, 11) is 0. The lowest BCUT2D eigenvalue weighted by Gasteiger charge is -2.22. The minimum atomic E-state index is -4.85. The maximum atomic E-state index is 14.4. The number of rotatable bonds is 13. The van der Waals surface area contributed by atoms with Crippen molar-refractivity contribution >= 4 is 28.3 Å². The number of hydrogen-bond acceptors (Lipinski definition) is 5. The third-order valence-electron chi connectivity index (χ3n) is 6.69. The molecule has 0 aliphatic rings. The molecule has 0 radical (unpaired) electrons. The lowest BCUT2D eigenvalue weighted by atomic mass is 9.99. The second-order valence-electron chi connectivity index (χ2n) is 9.89. The minimum absolute atomic E-state index is 0.00579. The molecule has 0 atom stereocenters. The van der Waals surface area contributed by atoms with Gasteiger partial charge in [0.25, 0.3) is 11.8 Å². The fourth-order valence-electron chi connectivity index (χ4n) is 4.31. The van der Waals surface area contributed by atoms with Crippen LogP contribution in [-0.2, 0) is 29.9 Å². The molecule has 2 N–H and O–H groups in total. The van der Waals surface area contributed by atoms with Gasteiger partial charge >= 0.3 is 12.1 Å². The molecule has 1 heterocycles. The van der Waals surface area contributed by atoms with E-state index in [1.54, 1.807) is 24.3 Å². The highest BCUT2D eigenvalue weighted by atomic mass is 32.1. The summed E-state index contributed by atoms with van der Waals surface area (Å²) in [6, 6.07) is 18.6. The van der Waals surface area contributed by atoms with Gasteiger partial charge in [0.05, 0.1) is 17.7 Å². The number of anilines is 1. The van der Waals surface area contributed by atoms with E-state index in [9.17, 15) is 31.5 Å². The zero-order valence-corrected chi connectivity index (χ0v) is 24.1. The number of nitrogens with zero attached hydrogens (tertiary/aromatic N) is 2. The highest BCUT2D eigenvalue weighted by Crippen LogP contribution is 2.39. The highest BCUT2D eigenvalue weighted by Gasteiger charge is 2.35. The molecular formula is C32H28F5N3O3S. The number of alkyl halides is 5. The fourth-order valence-corrected chi connectivity index (χ4v) is 5.17. The zero-order valence-electron chi connectivity index (χ0n) is 23.3. The van der Waals surface area contributed by atoms with Crippen LogP contribution in [-0.4, -0.2) is 35.1 Å². The predicted octanol–water partition coefficient (Wildman–Crippen LogP) is 7.56. The van der Waals surface area contributed by atoms with Crippen molar-refractivity contribution < 1.29 is 36.6 Å². The number of allylic oxidation sites excluding steroid dienone is 1. The first-order valence-electron chi connectivity index (χ1n) is 13.4. The molecule has 4 rings (SSSR count). The Labute approximate surface area is 254 Å². The Morgan fingerprint density at radius 1 is 0.955 bits per heavy atom. The molecule has 6 nitrogen and oxygen atoms in total. The van der Waals surface area contributed by atoms with Crippen molar-refractivity contribution in [3.8, 4) is 11.3 Å². The molecule has 12 heteroatoms. The van der Waals surface area contributed by atoms with E-state index in [1.165, 1.54) is 16.7 Å². The summed E-state index contributed by atoms with van der Waals surface area (Å²) in [5, 5.41) is 13.3. The number of amides is 1. The van der Waals surface area contributed by atoms with E-state index in [0.29, 0.717) is 42.3 Å². The summed E-state index contributed by atoms with van der Waals surface area (Å²) in [6.07, 6.45) is -4.12. The monoisotopic (exact) mass is 629 g/mol. The first-order valence-corrected chi connectivity index (χ1v) is 14.3. The summed E-state index contributed by atoms with van der Waals surface area (Å²) in [4.78, 5) is 29.5. The van der Waals surface area contributed by atoms with Crippen LogP contribution < -0.4 is 10.2 Å². The number of nitrogens with one attached hydrogen (secondary N) is 1. The molecule has 0 saturated carbocycles. The summed E-state index contributed by atoms with van der Waals surface area (Å²) in [5.41, 5.74) is 0.188. The van der Waals surface area contributed by atoms with Crippen LogP contribution in [0.3, 0.4) is 0 Å². The third-order valence-corrected chi connectivity index (χ3v) is 7.59. The number of aromatic nitrogens is 1. The van der Waals surface area contributed by atoms with E-state index in [2.05, 4.69) is 16.9 Å². The van der Waals surface area contributed by atoms with Crippen LogP contribution in [0.4, 0.5) is 27.1 Å². The molecule has 3 aromatic carbocycles. The van der Waals surface area contributed by atoms with Gasteiger partial charge in [-0.3, -0.25) is 9.59 Å². The Hall–Kier alpha value is -4.58. The number of carboxylic acid groups (broad SMARTS) is 1. The van der Waals surface area contributed by atoms with E-state index in [-0.39, 0.29) is 24.2 Å². The van der Waals surface area contributed by atoms with Crippen LogP contribution in [0.1, 0.15) is 39.0 Å². The van der Waals surface area contributed by atoms with Crippen molar-refractivity contribution in [1.29, 1.82) is 0 Å². The average Bonchev–Trinajstić information content (AvgIpc) is 3.49. The van der Waals surface area contributed by atoms with Crippen molar-refractivity contribution in [3.05, 3.63) is 119 Å². The molecule has 0 fully saturated rings. The predicted molar refractivity (Wildman–Crippen MR) is 159 cm³/mol. The van der Waals surface area contributed by atoms with Gasteiger partial charge in [-0.2, -0.15) is 22.0 Å². The normalized spacial score (nSPS) is 11.7. The number of hydrogen-bond donors (Lipinski definition) is 2. The number of carbonyl (C=O) groups is 2.